The third-order valence-electron chi connectivity index (χ3n) is 5.61. The second-order valence-corrected chi connectivity index (χ2v) is 8.69. The van der Waals surface area contributed by atoms with E-state index in [0.29, 0.717) is 17.0 Å². The van der Waals surface area contributed by atoms with Crippen LogP contribution in [0.3, 0.4) is 0 Å². The third kappa shape index (κ3) is 4.62. The maximum Gasteiger partial charge on any atom is 0.435 e. The molecule has 1 unspecified atom stereocenters. The predicted octanol–water partition coefficient (Wildman–Crippen LogP) is 5.46. The van der Waals surface area contributed by atoms with Crippen molar-refractivity contribution < 1.29 is 36.8 Å². The maximum absolute atomic E-state index is 14.2. The Hall–Kier alpha value is -3.05. The molecule has 7 nitrogen and oxygen atoms in total. The summed E-state index contributed by atoms with van der Waals surface area (Å²) in [6.07, 6.45) is -6.09. The standard InChI is InChI=1S/C22H17Cl2F4N3O4/c1-10-5-11(3-4-13(10)20(32)29-17-8-18(33-2)31-34-17)16-9-21(35-30-16,22(26,27)28)12-6-14(23)19(25)15(24)7-12/h3-7,17H,8-9H2,1-2H3,(H,29,32)/t17-,21?/m1/s1. The molecule has 0 saturated heterocycles. The van der Waals surface area contributed by atoms with Crippen molar-refractivity contribution in [1.29, 1.82) is 0 Å². The number of oxime groups is 2. The number of hydrogen-bond acceptors (Lipinski definition) is 6. The van der Waals surface area contributed by atoms with Crippen LogP contribution in [0.15, 0.2) is 40.6 Å². The first-order valence-electron chi connectivity index (χ1n) is 10.1. The van der Waals surface area contributed by atoms with Crippen LogP contribution in [0.4, 0.5) is 17.6 Å². The van der Waals surface area contributed by atoms with Gasteiger partial charge in [0.25, 0.3) is 11.5 Å². The van der Waals surface area contributed by atoms with Gasteiger partial charge in [0.2, 0.25) is 12.1 Å². The van der Waals surface area contributed by atoms with Gasteiger partial charge in [-0.2, -0.15) is 13.2 Å². The summed E-state index contributed by atoms with van der Waals surface area (Å²) in [7, 11) is 1.43. The van der Waals surface area contributed by atoms with Gasteiger partial charge in [-0.1, -0.05) is 34.4 Å². The second-order valence-electron chi connectivity index (χ2n) is 7.88. The van der Waals surface area contributed by atoms with E-state index in [4.69, 9.17) is 37.6 Å². The average molecular weight is 534 g/mol. The number of aryl methyl sites for hydroxylation is 1. The Morgan fingerprint density at radius 3 is 2.46 bits per heavy atom. The van der Waals surface area contributed by atoms with E-state index in [0.717, 1.165) is 12.1 Å². The number of halogens is 6. The number of hydrogen-bond donors (Lipinski definition) is 1. The van der Waals surface area contributed by atoms with Crippen LogP contribution in [0.2, 0.25) is 10.0 Å². The van der Waals surface area contributed by atoms with E-state index in [1.54, 1.807) is 6.92 Å². The van der Waals surface area contributed by atoms with Gasteiger partial charge in [0.05, 0.1) is 29.3 Å². The molecule has 1 N–H and O–H groups in total. The van der Waals surface area contributed by atoms with Crippen LogP contribution in [-0.4, -0.2) is 37.0 Å². The lowest BCUT2D eigenvalue weighted by Crippen LogP contribution is -2.42. The Morgan fingerprint density at radius 1 is 1.20 bits per heavy atom. The first-order valence-corrected chi connectivity index (χ1v) is 10.9. The molecule has 2 aliphatic heterocycles. The monoisotopic (exact) mass is 533 g/mol. The van der Waals surface area contributed by atoms with Gasteiger partial charge < -0.3 is 19.7 Å². The fourth-order valence-corrected chi connectivity index (χ4v) is 4.21. The summed E-state index contributed by atoms with van der Waals surface area (Å²) in [6, 6.07) is 6.05. The molecule has 0 saturated carbocycles. The van der Waals surface area contributed by atoms with Crippen molar-refractivity contribution in [3.8, 4) is 0 Å². The van der Waals surface area contributed by atoms with E-state index < -0.39 is 51.8 Å². The summed E-state index contributed by atoms with van der Waals surface area (Å²) in [6.45, 7) is 1.62. The number of methoxy groups -OCH3 is 1. The number of benzene rings is 2. The molecule has 35 heavy (non-hydrogen) atoms. The third-order valence-corrected chi connectivity index (χ3v) is 6.16. The van der Waals surface area contributed by atoms with Crippen molar-refractivity contribution in [2.45, 2.75) is 37.8 Å². The lowest BCUT2D eigenvalue weighted by Gasteiger charge is -2.29. The minimum atomic E-state index is -4.93. The zero-order valence-corrected chi connectivity index (χ0v) is 19.7. The number of carbonyl (C=O) groups is 1. The SMILES string of the molecule is COC1=NO[C@@H](NC(=O)c2ccc(C3=NOC(c4cc(Cl)c(F)c(Cl)c4)(C(F)(F)F)C3)cc2C)C1. The molecule has 0 fully saturated rings. The molecule has 0 aliphatic carbocycles. The van der Waals surface area contributed by atoms with Crippen LogP contribution < -0.4 is 5.32 Å². The van der Waals surface area contributed by atoms with Gasteiger partial charge in [0.1, 0.15) is 0 Å². The van der Waals surface area contributed by atoms with Crippen molar-refractivity contribution in [2.75, 3.05) is 7.11 Å². The fourth-order valence-electron chi connectivity index (χ4n) is 3.72. The average Bonchev–Trinajstić information content (AvgIpc) is 3.44. The van der Waals surface area contributed by atoms with Gasteiger partial charge in [0.15, 0.2) is 5.82 Å². The van der Waals surface area contributed by atoms with E-state index in [1.807, 2.05) is 0 Å². The summed E-state index contributed by atoms with van der Waals surface area (Å²) < 4.78 is 61.3. The van der Waals surface area contributed by atoms with Gasteiger partial charge in [0, 0.05) is 17.5 Å². The van der Waals surface area contributed by atoms with E-state index in [-0.39, 0.29) is 17.7 Å². The number of carbonyl (C=O) groups excluding carboxylic acids is 1. The highest BCUT2D eigenvalue weighted by atomic mass is 35.5. The lowest BCUT2D eigenvalue weighted by atomic mass is 9.86. The predicted molar refractivity (Wildman–Crippen MR) is 119 cm³/mol. The minimum Gasteiger partial charge on any atom is -0.482 e. The maximum atomic E-state index is 14.2. The Bertz CT molecular complexity index is 1230. The summed E-state index contributed by atoms with van der Waals surface area (Å²) in [5.41, 5.74) is -2.35. The highest BCUT2D eigenvalue weighted by Gasteiger charge is 2.62. The molecular formula is C22H17Cl2F4N3O4. The number of rotatable bonds is 4. The number of nitrogens with zero attached hydrogens (tertiary/aromatic N) is 2. The molecule has 13 heteroatoms. The molecule has 0 bridgehead atoms. The summed E-state index contributed by atoms with van der Waals surface area (Å²) in [5.74, 6) is -1.17. The molecule has 0 radical (unpaired) electrons. The van der Waals surface area contributed by atoms with E-state index >= 15 is 0 Å². The van der Waals surface area contributed by atoms with Crippen LogP contribution in [0.25, 0.3) is 0 Å². The number of amides is 1. The molecular weight excluding hydrogens is 517 g/mol. The molecule has 2 aliphatic rings. The van der Waals surface area contributed by atoms with E-state index in [2.05, 4.69) is 15.6 Å². The Kier molecular flexibility index (Phi) is 6.58. The van der Waals surface area contributed by atoms with Crippen molar-refractivity contribution in [3.63, 3.8) is 0 Å². The summed E-state index contributed by atoms with van der Waals surface area (Å²) in [4.78, 5) is 22.6. The number of alkyl halides is 3. The Labute approximate surface area is 206 Å². The molecule has 2 atom stereocenters. The molecule has 4 rings (SSSR count). The molecule has 1 amide bonds. The van der Waals surface area contributed by atoms with Crippen LogP contribution in [-0.2, 0) is 20.0 Å². The number of nitrogens with one attached hydrogen (secondary N) is 1. The van der Waals surface area contributed by atoms with Crippen molar-refractivity contribution in [1.82, 2.24) is 5.32 Å². The molecule has 2 heterocycles. The molecule has 2 aromatic rings. The van der Waals surface area contributed by atoms with Crippen LogP contribution in [0.5, 0.6) is 0 Å². The Morgan fingerprint density at radius 2 is 1.89 bits per heavy atom. The largest absolute Gasteiger partial charge is 0.482 e. The van der Waals surface area contributed by atoms with Crippen molar-refractivity contribution in [3.05, 3.63) is 68.4 Å². The fraction of sp³-hybridized carbons (Fsp3) is 0.318. The zero-order chi connectivity index (χ0) is 25.5. The molecule has 186 valence electrons. The molecule has 2 aromatic carbocycles. The highest BCUT2D eigenvalue weighted by molar-refractivity contribution is 6.35. The van der Waals surface area contributed by atoms with Gasteiger partial charge in [-0.3, -0.25) is 4.79 Å². The minimum absolute atomic E-state index is 0.0220. The number of ether oxygens (including phenoxy) is 1. The topological polar surface area (TPSA) is 81.5 Å². The van der Waals surface area contributed by atoms with E-state index in [9.17, 15) is 22.4 Å². The summed E-state index contributed by atoms with van der Waals surface area (Å²) in [5, 5.41) is 8.83. The van der Waals surface area contributed by atoms with E-state index in [1.165, 1.54) is 25.3 Å². The van der Waals surface area contributed by atoms with Crippen LogP contribution in [0.1, 0.15) is 39.9 Å². The highest BCUT2D eigenvalue weighted by Crippen LogP contribution is 2.50. The first kappa shape index (κ1) is 25.1. The van der Waals surface area contributed by atoms with Crippen LogP contribution >= 0.6 is 23.2 Å². The van der Waals surface area contributed by atoms with Gasteiger partial charge in [-0.05, 0) is 47.5 Å². The first-order chi connectivity index (χ1) is 16.4. The van der Waals surface area contributed by atoms with Gasteiger partial charge in [-0.15, -0.1) is 0 Å². The van der Waals surface area contributed by atoms with Crippen LogP contribution in [0, 0.1) is 12.7 Å². The smallest absolute Gasteiger partial charge is 0.435 e. The van der Waals surface area contributed by atoms with Crippen molar-refractivity contribution >= 4 is 40.7 Å². The molecule has 0 aromatic heterocycles. The quantitative estimate of drug-likeness (QED) is 0.418. The zero-order valence-electron chi connectivity index (χ0n) is 18.2. The van der Waals surface area contributed by atoms with Gasteiger partial charge >= 0.3 is 6.18 Å². The second kappa shape index (κ2) is 9.19. The van der Waals surface area contributed by atoms with Gasteiger partial charge in [-0.25, -0.2) is 4.39 Å². The Balaban J connectivity index is 1.56. The lowest BCUT2D eigenvalue weighted by molar-refractivity contribution is -0.275. The summed E-state index contributed by atoms with van der Waals surface area (Å²) >= 11 is 11.5. The molecule has 0 spiro atoms. The normalized spacial score (nSPS) is 21.7. The van der Waals surface area contributed by atoms with Crippen molar-refractivity contribution in [2.24, 2.45) is 10.3 Å².